The van der Waals surface area contributed by atoms with E-state index in [0.717, 1.165) is 18.5 Å². The second kappa shape index (κ2) is 8.40. The van der Waals surface area contributed by atoms with Crippen molar-refractivity contribution in [3.8, 4) is 5.75 Å². The lowest BCUT2D eigenvalue weighted by Crippen LogP contribution is -2.11. The van der Waals surface area contributed by atoms with Crippen LogP contribution in [0.1, 0.15) is 45.4 Å². The van der Waals surface area contributed by atoms with Gasteiger partial charge in [0.1, 0.15) is 5.75 Å². The van der Waals surface area contributed by atoms with Gasteiger partial charge in [0.15, 0.2) is 0 Å². The highest BCUT2D eigenvalue weighted by Crippen LogP contribution is 2.25. The van der Waals surface area contributed by atoms with E-state index in [2.05, 4.69) is 12.2 Å². The van der Waals surface area contributed by atoms with E-state index in [1.165, 1.54) is 19.3 Å². The second-order valence-corrected chi connectivity index (χ2v) is 4.67. The van der Waals surface area contributed by atoms with Crippen LogP contribution in [-0.4, -0.2) is 13.0 Å². The van der Waals surface area contributed by atoms with Crippen molar-refractivity contribution in [3.63, 3.8) is 0 Å². The molecule has 1 rings (SSSR count). The van der Waals surface area contributed by atoms with Crippen LogP contribution in [0.5, 0.6) is 5.75 Å². The van der Waals surface area contributed by atoms with Crippen molar-refractivity contribution in [2.45, 2.75) is 45.4 Å². The molecule has 0 aliphatic carbocycles. The number of hydrogen-bond acceptors (Lipinski definition) is 3. The van der Waals surface area contributed by atoms with Crippen LogP contribution in [0.25, 0.3) is 0 Å². The Bertz CT molecular complexity index is 405. The number of amides is 1. The average Bonchev–Trinajstić information content (AvgIpc) is 2.40. The molecule has 19 heavy (non-hydrogen) atoms. The Hall–Kier alpha value is -1.71. The van der Waals surface area contributed by atoms with Gasteiger partial charge in [0.2, 0.25) is 5.91 Å². The Kier molecular flexibility index (Phi) is 6.79. The minimum absolute atomic E-state index is 0.0447. The smallest absolute Gasteiger partial charge is 0.224 e. The van der Waals surface area contributed by atoms with Crippen LogP contribution in [-0.2, 0) is 4.79 Å². The Morgan fingerprint density at radius 1 is 1.26 bits per heavy atom. The van der Waals surface area contributed by atoms with Gasteiger partial charge in [-0.2, -0.15) is 0 Å². The lowest BCUT2D eigenvalue weighted by molar-refractivity contribution is -0.116. The van der Waals surface area contributed by atoms with Crippen molar-refractivity contribution in [2.24, 2.45) is 0 Å². The molecule has 0 heterocycles. The summed E-state index contributed by atoms with van der Waals surface area (Å²) in [7, 11) is 1.56. The molecule has 1 aromatic rings. The summed E-state index contributed by atoms with van der Waals surface area (Å²) < 4.78 is 5.12. The zero-order chi connectivity index (χ0) is 14.1. The molecule has 0 saturated carbocycles. The minimum Gasteiger partial charge on any atom is -0.495 e. The van der Waals surface area contributed by atoms with Gasteiger partial charge in [-0.3, -0.25) is 4.79 Å². The van der Waals surface area contributed by atoms with E-state index < -0.39 is 0 Å². The number of ether oxygens (including phenoxy) is 1. The highest BCUT2D eigenvalue weighted by Gasteiger charge is 2.05. The number of rotatable bonds is 8. The van der Waals surface area contributed by atoms with Gasteiger partial charge in [-0.1, -0.05) is 32.6 Å². The summed E-state index contributed by atoms with van der Waals surface area (Å²) in [4.78, 5) is 11.7. The molecule has 0 saturated heterocycles. The monoisotopic (exact) mass is 264 g/mol. The molecule has 3 N–H and O–H groups in total. The summed E-state index contributed by atoms with van der Waals surface area (Å²) in [5, 5.41) is 2.86. The molecule has 106 valence electrons. The molecule has 0 aliphatic heterocycles. The van der Waals surface area contributed by atoms with Gasteiger partial charge < -0.3 is 15.8 Å². The van der Waals surface area contributed by atoms with Gasteiger partial charge in [-0.05, 0) is 18.6 Å². The molecule has 0 aromatic heterocycles. The van der Waals surface area contributed by atoms with Crippen LogP contribution in [0.4, 0.5) is 11.4 Å². The molecule has 0 bridgehead atoms. The topological polar surface area (TPSA) is 64.4 Å². The first kappa shape index (κ1) is 15.3. The van der Waals surface area contributed by atoms with E-state index in [1.807, 2.05) is 0 Å². The number of carbonyl (C=O) groups is 1. The number of benzene rings is 1. The van der Waals surface area contributed by atoms with Crippen molar-refractivity contribution in [3.05, 3.63) is 18.2 Å². The summed E-state index contributed by atoms with van der Waals surface area (Å²) in [6.45, 7) is 2.18. The molecule has 0 aliphatic rings. The number of anilines is 2. The summed E-state index contributed by atoms with van der Waals surface area (Å²) in [5.41, 5.74) is 7.02. The third kappa shape index (κ3) is 5.64. The fraction of sp³-hybridized carbons (Fsp3) is 0.533. The molecular weight excluding hydrogens is 240 g/mol. The first-order valence-electron chi connectivity index (χ1n) is 6.90. The Labute approximate surface area is 115 Å². The fourth-order valence-corrected chi connectivity index (χ4v) is 1.90. The van der Waals surface area contributed by atoms with Gasteiger partial charge in [-0.15, -0.1) is 0 Å². The van der Waals surface area contributed by atoms with Crippen LogP contribution in [0.15, 0.2) is 18.2 Å². The number of methoxy groups -OCH3 is 1. The highest BCUT2D eigenvalue weighted by atomic mass is 16.5. The van der Waals surface area contributed by atoms with Gasteiger partial charge in [0.05, 0.1) is 12.8 Å². The van der Waals surface area contributed by atoms with Gasteiger partial charge >= 0.3 is 0 Å². The molecule has 1 amide bonds. The molecule has 0 atom stereocenters. The summed E-state index contributed by atoms with van der Waals surface area (Å²) in [6, 6.07) is 5.26. The van der Waals surface area contributed by atoms with E-state index in [1.54, 1.807) is 25.3 Å². The van der Waals surface area contributed by atoms with Crippen molar-refractivity contribution in [1.29, 1.82) is 0 Å². The van der Waals surface area contributed by atoms with Crippen molar-refractivity contribution in [2.75, 3.05) is 18.2 Å². The van der Waals surface area contributed by atoms with Crippen LogP contribution in [0.2, 0.25) is 0 Å². The predicted octanol–water partition coefficient (Wildman–Crippen LogP) is 3.58. The molecule has 0 radical (unpaired) electrons. The molecule has 1 aromatic carbocycles. The molecule has 0 spiro atoms. The van der Waals surface area contributed by atoms with Gasteiger partial charge in [-0.25, -0.2) is 0 Å². The first-order chi connectivity index (χ1) is 9.17. The largest absolute Gasteiger partial charge is 0.495 e. The molecule has 4 heteroatoms. The van der Waals surface area contributed by atoms with Crippen molar-refractivity contribution in [1.82, 2.24) is 0 Å². The quantitative estimate of drug-likeness (QED) is 0.557. The third-order valence-electron chi connectivity index (χ3n) is 3.02. The summed E-state index contributed by atoms with van der Waals surface area (Å²) >= 11 is 0. The van der Waals surface area contributed by atoms with E-state index in [4.69, 9.17) is 10.5 Å². The maximum atomic E-state index is 11.7. The Morgan fingerprint density at radius 2 is 2.00 bits per heavy atom. The van der Waals surface area contributed by atoms with Crippen molar-refractivity contribution < 1.29 is 9.53 Å². The Balaban J connectivity index is 2.35. The normalized spacial score (nSPS) is 10.2. The Morgan fingerprint density at radius 3 is 2.68 bits per heavy atom. The van der Waals surface area contributed by atoms with Gasteiger partial charge in [0, 0.05) is 18.2 Å². The van der Waals surface area contributed by atoms with Gasteiger partial charge in [0.25, 0.3) is 0 Å². The van der Waals surface area contributed by atoms with E-state index in [0.29, 0.717) is 17.9 Å². The predicted molar refractivity (Wildman–Crippen MR) is 79.4 cm³/mol. The molecular formula is C15H24N2O2. The molecule has 0 fully saturated rings. The van der Waals surface area contributed by atoms with Crippen LogP contribution < -0.4 is 15.8 Å². The summed E-state index contributed by atoms with van der Waals surface area (Å²) in [5.74, 6) is 0.629. The minimum atomic E-state index is 0.0447. The standard InChI is InChI=1S/C15H24N2O2/c1-3-4-5-6-7-8-15(18)17-12-9-10-13(16)14(11-12)19-2/h9-11H,3-8,16H2,1-2H3,(H,17,18). The second-order valence-electron chi connectivity index (χ2n) is 4.67. The highest BCUT2D eigenvalue weighted by molar-refractivity contribution is 5.91. The first-order valence-corrected chi connectivity index (χ1v) is 6.90. The number of nitrogens with two attached hydrogens (primary N) is 1. The number of nitrogen functional groups attached to an aromatic ring is 1. The van der Waals surface area contributed by atoms with E-state index in [-0.39, 0.29) is 5.91 Å². The maximum Gasteiger partial charge on any atom is 0.224 e. The van der Waals surface area contributed by atoms with Crippen LogP contribution in [0.3, 0.4) is 0 Å². The summed E-state index contributed by atoms with van der Waals surface area (Å²) in [6.07, 6.45) is 6.30. The maximum absolute atomic E-state index is 11.7. The zero-order valence-corrected chi connectivity index (χ0v) is 11.9. The lowest BCUT2D eigenvalue weighted by atomic mass is 10.1. The van der Waals surface area contributed by atoms with Crippen molar-refractivity contribution >= 4 is 17.3 Å². The number of hydrogen-bond donors (Lipinski definition) is 2. The van der Waals surface area contributed by atoms with Crippen LogP contribution in [0, 0.1) is 0 Å². The fourth-order valence-electron chi connectivity index (χ4n) is 1.90. The SMILES string of the molecule is CCCCCCCC(=O)Nc1ccc(N)c(OC)c1. The number of nitrogens with one attached hydrogen (secondary N) is 1. The molecule has 4 nitrogen and oxygen atoms in total. The third-order valence-corrected chi connectivity index (χ3v) is 3.02. The number of unbranched alkanes of at least 4 members (excludes halogenated alkanes) is 4. The zero-order valence-electron chi connectivity index (χ0n) is 11.9. The average molecular weight is 264 g/mol. The lowest BCUT2D eigenvalue weighted by Gasteiger charge is -2.09. The molecule has 0 unspecified atom stereocenters. The van der Waals surface area contributed by atoms with E-state index >= 15 is 0 Å². The number of carbonyl (C=O) groups excluding carboxylic acids is 1. The van der Waals surface area contributed by atoms with E-state index in [9.17, 15) is 4.79 Å². The van der Waals surface area contributed by atoms with Crippen LogP contribution >= 0.6 is 0 Å².